The van der Waals surface area contributed by atoms with Crippen molar-refractivity contribution in [2.75, 3.05) is 19.8 Å². The number of hydrogen-bond donors (Lipinski definition) is 1. The number of unbranched alkanes of at least 4 members (excludes halogenated alkanes) is 3. The van der Waals surface area contributed by atoms with E-state index < -0.39 is 0 Å². The zero-order valence-corrected chi connectivity index (χ0v) is 14.8. The van der Waals surface area contributed by atoms with E-state index in [-0.39, 0.29) is 6.61 Å². The topological polar surface area (TPSA) is 38.7 Å². The van der Waals surface area contributed by atoms with Gasteiger partial charge in [0.05, 0.1) is 16.7 Å². The van der Waals surface area contributed by atoms with Gasteiger partial charge in [0.2, 0.25) is 0 Å². The van der Waals surface area contributed by atoms with Gasteiger partial charge in [0, 0.05) is 23.8 Å². The molecule has 0 aromatic heterocycles. The fourth-order valence-corrected chi connectivity index (χ4v) is 2.39. The van der Waals surface area contributed by atoms with Gasteiger partial charge in [-0.15, -0.1) is 0 Å². The summed E-state index contributed by atoms with van der Waals surface area (Å²) in [7, 11) is 0. The van der Waals surface area contributed by atoms with E-state index in [1.54, 1.807) is 25.1 Å². The molecule has 0 spiro atoms. The minimum Gasteiger partial charge on any atom is -0.490 e. The number of hydrogen-bond acceptors (Lipinski definition) is 3. The second kappa shape index (κ2) is 11.0. The molecule has 0 aliphatic carbocycles. The minimum atomic E-state index is 0.235. The molecule has 0 bridgehead atoms. The lowest BCUT2D eigenvalue weighted by molar-refractivity contribution is 0.273. The van der Waals surface area contributed by atoms with E-state index in [1.807, 2.05) is 0 Å². The molecule has 0 saturated heterocycles. The minimum absolute atomic E-state index is 0.235. The Bertz CT molecular complexity index is 463. The molecular formula is C16H21Cl3O3. The zero-order chi connectivity index (χ0) is 16.4. The molecule has 3 nitrogen and oxygen atoms in total. The van der Waals surface area contributed by atoms with Crippen molar-refractivity contribution >= 4 is 34.8 Å². The molecule has 0 atom stereocenters. The predicted molar refractivity (Wildman–Crippen MR) is 92.6 cm³/mol. The average molecular weight is 368 g/mol. The van der Waals surface area contributed by atoms with Crippen LogP contribution in [0, 0.1) is 0 Å². The standard InChI is InChI=1S/C16H21Cl3O3/c1-12(17)6-9-21-13-10-14(18)16(15(19)11-13)22-8-5-3-2-4-7-20/h6,10-11,20H,2-5,7-9H2,1H3/b12-6-. The summed E-state index contributed by atoms with van der Waals surface area (Å²) in [6, 6.07) is 3.35. The first-order valence-corrected chi connectivity index (χ1v) is 8.35. The number of rotatable bonds is 10. The third-order valence-corrected chi connectivity index (χ3v) is 3.60. The Balaban J connectivity index is 2.49. The van der Waals surface area contributed by atoms with Crippen LogP contribution in [-0.4, -0.2) is 24.9 Å². The van der Waals surface area contributed by atoms with Gasteiger partial charge in [0.15, 0.2) is 5.75 Å². The Kier molecular flexibility index (Phi) is 9.73. The maximum absolute atomic E-state index is 8.70. The average Bonchev–Trinajstić information content (AvgIpc) is 2.44. The van der Waals surface area contributed by atoms with Crippen molar-refractivity contribution in [3.8, 4) is 11.5 Å². The van der Waals surface area contributed by atoms with Gasteiger partial charge >= 0.3 is 0 Å². The van der Waals surface area contributed by atoms with E-state index in [9.17, 15) is 0 Å². The molecule has 0 amide bonds. The molecule has 0 fully saturated rings. The van der Waals surface area contributed by atoms with Crippen molar-refractivity contribution in [3.05, 3.63) is 33.3 Å². The molecule has 6 heteroatoms. The van der Waals surface area contributed by atoms with Gasteiger partial charge < -0.3 is 14.6 Å². The van der Waals surface area contributed by atoms with Crippen molar-refractivity contribution in [2.45, 2.75) is 32.6 Å². The number of halogens is 3. The van der Waals surface area contributed by atoms with E-state index in [1.165, 1.54) is 0 Å². The zero-order valence-electron chi connectivity index (χ0n) is 12.6. The summed E-state index contributed by atoms with van der Waals surface area (Å²) in [4.78, 5) is 0. The number of benzene rings is 1. The number of aliphatic hydroxyl groups is 1. The molecule has 0 radical (unpaired) electrons. The maximum Gasteiger partial charge on any atom is 0.156 e. The van der Waals surface area contributed by atoms with Gasteiger partial charge in [-0.25, -0.2) is 0 Å². The lowest BCUT2D eigenvalue weighted by Gasteiger charge is -2.12. The normalized spacial score (nSPS) is 11.6. The maximum atomic E-state index is 8.70. The first-order valence-electron chi connectivity index (χ1n) is 7.22. The summed E-state index contributed by atoms with van der Waals surface area (Å²) in [5.74, 6) is 1.04. The lowest BCUT2D eigenvalue weighted by atomic mass is 10.2. The van der Waals surface area contributed by atoms with E-state index in [0.717, 1.165) is 25.7 Å². The number of ether oxygens (including phenoxy) is 2. The number of aliphatic hydroxyl groups excluding tert-OH is 1. The molecule has 124 valence electrons. The number of allylic oxidation sites excluding steroid dienone is 1. The van der Waals surface area contributed by atoms with Crippen LogP contribution in [0.4, 0.5) is 0 Å². The van der Waals surface area contributed by atoms with E-state index in [2.05, 4.69) is 0 Å². The molecule has 1 N–H and O–H groups in total. The van der Waals surface area contributed by atoms with Gasteiger partial charge in [-0.3, -0.25) is 0 Å². The summed E-state index contributed by atoms with van der Waals surface area (Å²) in [5.41, 5.74) is 0. The smallest absolute Gasteiger partial charge is 0.156 e. The van der Waals surface area contributed by atoms with Crippen molar-refractivity contribution in [2.24, 2.45) is 0 Å². The van der Waals surface area contributed by atoms with Crippen molar-refractivity contribution in [1.29, 1.82) is 0 Å². The SMILES string of the molecule is C/C(Cl)=C/COc1cc(Cl)c(OCCCCCCO)c(Cl)c1. The Labute approximate surface area is 146 Å². The molecular weight excluding hydrogens is 347 g/mol. The van der Waals surface area contributed by atoms with Crippen LogP contribution in [-0.2, 0) is 0 Å². The van der Waals surface area contributed by atoms with Gasteiger partial charge in [0.1, 0.15) is 12.4 Å². The van der Waals surface area contributed by atoms with E-state index in [4.69, 9.17) is 49.4 Å². The summed E-state index contributed by atoms with van der Waals surface area (Å²) in [6.07, 6.45) is 5.46. The monoisotopic (exact) mass is 366 g/mol. The Morgan fingerprint density at radius 1 is 1.09 bits per heavy atom. The summed E-state index contributed by atoms with van der Waals surface area (Å²) in [6.45, 7) is 2.91. The van der Waals surface area contributed by atoms with Crippen LogP contribution >= 0.6 is 34.8 Å². The van der Waals surface area contributed by atoms with Gasteiger partial charge in [-0.2, -0.15) is 0 Å². The molecule has 0 saturated carbocycles. The first kappa shape index (κ1) is 19.4. The highest BCUT2D eigenvalue weighted by Crippen LogP contribution is 2.37. The highest BCUT2D eigenvalue weighted by molar-refractivity contribution is 6.37. The van der Waals surface area contributed by atoms with E-state index in [0.29, 0.717) is 39.8 Å². The fraction of sp³-hybridized carbons (Fsp3) is 0.500. The summed E-state index contributed by atoms with van der Waals surface area (Å²) in [5, 5.41) is 10.2. The fourth-order valence-electron chi connectivity index (χ4n) is 1.75. The Morgan fingerprint density at radius 2 is 1.73 bits per heavy atom. The van der Waals surface area contributed by atoms with Crippen LogP contribution in [0.3, 0.4) is 0 Å². The van der Waals surface area contributed by atoms with Crippen molar-refractivity contribution in [1.82, 2.24) is 0 Å². The lowest BCUT2D eigenvalue weighted by Crippen LogP contribution is -2.00. The molecule has 1 rings (SSSR count). The van der Waals surface area contributed by atoms with Crippen molar-refractivity contribution < 1.29 is 14.6 Å². The highest BCUT2D eigenvalue weighted by atomic mass is 35.5. The van der Waals surface area contributed by atoms with E-state index >= 15 is 0 Å². The van der Waals surface area contributed by atoms with Gasteiger partial charge in [-0.1, -0.05) is 41.2 Å². The van der Waals surface area contributed by atoms with Crippen LogP contribution in [0.1, 0.15) is 32.6 Å². The highest BCUT2D eigenvalue weighted by Gasteiger charge is 2.10. The van der Waals surface area contributed by atoms with Gasteiger partial charge in [0.25, 0.3) is 0 Å². The van der Waals surface area contributed by atoms with Crippen LogP contribution in [0.5, 0.6) is 11.5 Å². The van der Waals surface area contributed by atoms with Crippen molar-refractivity contribution in [3.63, 3.8) is 0 Å². The summed E-state index contributed by atoms with van der Waals surface area (Å²) >= 11 is 18.1. The molecule has 0 aliphatic rings. The largest absolute Gasteiger partial charge is 0.490 e. The third kappa shape index (κ3) is 7.59. The second-order valence-corrected chi connectivity index (χ2v) is 6.21. The molecule has 22 heavy (non-hydrogen) atoms. The molecule has 1 aromatic rings. The predicted octanol–water partition coefficient (Wildman–Crippen LogP) is 5.45. The first-order chi connectivity index (χ1) is 10.5. The Morgan fingerprint density at radius 3 is 2.32 bits per heavy atom. The van der Waals surface area contributed by atoms with Gasteiger partial charge in [-0.05, 0) is 32.3 Å². The third-order valence-electron chi connectivity index (χ3n) is 2.89. The Hall–Kier alpha value is -0.610. The van der Waals surface area contributed by atoms with Crippen LogP contribution < -0.4 is 9.47 Å². The molecule has 0 unspecified atom stereocenters. The molecule has 0 heterocycles. The second-order valence-electron chi connectivity index (χ2n) is 4.80. The quantitative estimate of drug-likeness (QED) is 0.559. The van der Waals surface area contributed by atoms with Crippen LogP contribution in [0.15, 0.2) is 23.2 Å². The van der Waals surface area contributed by atoms with Crippen LogP contribution in [0.2, 0.25) is 10.0 Å². The summed E-state index contributed by atoms with van der Waals surface area (Å²) < 4.78 is 11.1. The molecule has 1 aromatic carbocycles. The van der Waals surface area contributed by atoms with Crippen LogP contribution in [0.25, 0.3) is 0 Å². The molecule has 0 aliphatic heterocycles.